The maximum absolute atomic E-state index is 5.50. The average Bonchev–Trinajstić information content (AvgIpc) is 2.74. The van der Waals surface area contributed by atoms with Crippen molar-refractivity contribution < 1.29 is 4.74 Å². The Kier molecular flexibility index (Phi) is 4.72. The van der Waals surface area contributed by atoms with Gasteiger partial charge >= 0.3 is 0 Å². The second-order valence-electron chi connectivity index (χ2n) is 7.17. The Balaban J connectivity index is 1.52. The minimum atomic E-state index is 0.758. The Morgan fingerprint density at radius 1 is 0.889 bits per heavy atom. The number of aromatic nitrogens is 2. The van der Waals surface area contributed by atoms with Crippen LogP contribution in [0.4, 0.5) is 5.95 Å². The second kappa shape index (κ2) is 7.49. The molecule has 4 nitrogen and oxygen atoms in total. The van der Waals surface area contributed by atoms with Crippen LogP contribution in [0.1, 0.15) is 24.1 Å². The number of rotatable bonds is 3. The molecule has 0 N–H and O–H groups in total. The van der Waals surface area contributed by atoms with Gasteiger partial charge in [-0.1, -0.05) is 42.1 Å². The molecule has 0 unspecified atom stereocenters. The fourth-order valence-corrected chi connectivity index (χ4v) is 4.89. The summed E-state index contributed by atoms with van der Waals surface area (Å²) in [6.45, 7) is 3.26. The molecule has 1 aliphatic carbocycles. The summed E-state index contributed by atoms with van der Waals surface area (Å²) in [6, 6.07) is 15.2. The summed E-state index contributed by atoms with van der Waals surface area (Å²) < 4.78 is 5.50. The normalized spacial score (nSPS) is 17.1. The Labute approximate surface area is 164 Å². The lowest BCUT2D eigenvalue weighted by molar-refractivity contribution is 0.122. The van der Waals surface area contributed by atoms with Crippen molar-refractivity contribution in [3.05, 3.63) is 53.7 Å². The van der Waals surface area contributed by atoms with E-state index in [1.54, 1.807) is 11.8 Å². The molecule has 1 aliphatic heterocycles. The van der Waals surface area contributed by atoms with E-state index in [9.17, 15) is 0 Å². The number of nitrogens with zero attached hydrogens (tertiary/aromatic N) is 3. The SMILES string of the molecule is c1ccc2cc(Sc3nc(N4CCOCC4)nc4c3CCCC4)ccc2c1. The van der Waals surface area contributed by atoms with E-state index in [0.717, 1.165) is 50.1 Å². The third-order valence-corrected chi connectivity index (χ3v) is 6.38. The average molecular weight is 378 g/mol. The zero-order valence-electron chi connectivity index (χ0n) is 15.4. The summed E-state index contributed by atoms with van der Waals surface area (Å²) in [5.41, 5.74) is 2.61. The topological polar surface area (TPSA) is 38.2 Å². The number of ether oxygens (including phenoxy) is 1. The van der Waals surface area contributed by atoms with Crippen LogP contribution in [0.5, 0.6) is 0 Å². The van der Waals surface area contributed by atoms with E-state index >= 15 is 0 Å². The van der Waals surface area contributed by atoms with Gasteiger partial charge in [0.25, 0.3) is 0 Å². The van der Waals surface area contributed by atoms with E-state index in [4.69, 9.17) is 14.7 Å². The largest absolute Gasteiger partial charge is 0.378 e. The fourth-order valence-electron chi connectivity index (χ4n) is 3.88. The molecule has 1 fully saturated rings. The molecule has 0 bridgehead atoms. The standard InChI is InChI=1S/C22H23N3OS/c1-2-6-17-15-18(10-9-16(17)5-1)27-21-19-7-3-4-8-20(19)23-22(24-21)25-11-13-26-14-12-25/h1-2,5-6,9-10,15H,3-4,7-8,11-14H2. The quantitative estimate of drug-likeness (QED) is 0.629. The van der Waals surface area contributed by atoms with Crippen molar-refractivity contribution in [2.24, 2.45) is 0 Å². The Bertz CT molecular complexity index is 969. The molecule has 0 spiro atoms. The first-order valence-corrected chi connectivity index (χ1v) is 10.6. The summed E-state index contributed by atoms with van der Waals surface area (Å²) >= 11 is 1.79. The number of morpholine rings is 1. The minimum absolute atomic E-state index is 0.758. The third-order valence-electron chi connectivity index (χ3n) is 5.36. The molecule has 2 heterocycles. The van der Waals surface area contributed by atoms with Crippen LogP contribution in [-0.2, 0) is 17.6 Å². The first kappa shape index (κ1) is 17.0. The van der Waals surface area contributed by atoms with Gasteiger partial charge in [-0.15, -0.1) is 0 Å². The van der Waals surface area contributed by atoms with Crippen LogP contribution in [0.3, 0.4) is 0 Å². The lowest BCUT2D eigenvalue weighted by Crippen LogP contribution is -2.37. The molecule has 0 saturated carbocycles. The number of benzene rings is 2. The molecule has 138 valence electrons. The molecular weight excluding hydrogens is 354 g/mol. The fraction of sp³-hybridized carbons (Fsp3) is 0.364. The number of hydrogen-bond donors (Lipinski definition) is 0. The Morgan fingerprint density at radius 2 is 1.70 bits per heavy atom. The van der Waals surface area contributed by atoms with Crippen molar-refractivity contribution in [2.45, 2.75) is 35.6 Å². The van der Waals surface area contributed by atoms with Crippen molar-refractivity contribution in [3.8, 4) is 0 Å². The first-order chi connectivity index (χ1) is 13.4. The predicted octanol–water partition coefficient (Wildman–Crippen LogP) is 4.50. The van der Waals surface area contributed by atoms with E-state index in [0.29, 0.717) is 0 Å². The minimum Gasteiger partial charge on any atom is -0.378 e. The molecule has 5 rings (SSSR count). The molecule has 1 aromatic heterocycles. The maximum Gasteiger partial charge on any atom is 0.226 e. The highest BCUT2D eigenvalue weighted by Crippen LogP contribution is 2.36. The van der Waals surface area contributed by atoms with Crippen molar-refractivity contribution in [3.63, 3.8) is 0 Å². The van der Waals surface area contributed by atoms with Gasteiger partial charge in [-0.2, -0.15) is 0 Å². The number of hydrogen-bond acceptors (Lipinski definition) is 5. The summed E-state index contributed by atoms with van der Waals surface area (Å²) in [6.07, 6.45) is 4.63. The number of fused-ring (bicyclic) bond motifs is 2. The van der Waals surface area contributed by atoms with Crippen LogP contribution in [0.15, 0.2) is 52.4 Å². The molecule has 3 aromatic rings. The van der Waals surface area contributed by atoms with E-state index in [2.05, 4.69) is 47.4 Å². The molecule has 27 heavy (non-hydrogen) atoms. The van der Waals surface area contributed by atoms with Gasteiger partial charge < -0.3 is 9.64 Å². The molecule has 2 aliphatic rings. The van der Waals surface area contributed by atoms with E-state index in [1.807, 2.05) is 0 Å². The molecule has 5 heteroatoms. The van der Waals surface area contributed by atoms with E-state index in [1.165, 1.54) is 39.8 Å². The lowest BCUT2D eigenvalue weighted by atomic mass is 9.97. The van der Waals surface area contributed by atoms with Crippen LogP contribution in [0.2, 0.25) is 0 Å². The zero-order chi connectivity index (χ0) is 18.1. The highest BCUT2D eigenvalue weighted by molar-refractivity contribution is 7.99. The zero-order valence-corrected chi connectivity index (χ0v) is 16.2. The van der Waals surface area contributed by atoms with E-state index < -0.39 is 0 Å². The predicted molar refractivity (Wildman–Crippen MR) is 110 cm³/mol. The Morgan fingerprint density at radius 3 is 2.59 bits per heavy atom. The highest BCUT2D eigenvalue weighted by Gasteiger charge is 2.22. The summed E-state index contributed by atoms with van der Waals surface area (Å²) in [7, 11) is 0. The van der Waals surface area contributed by atoms with Crippen molar-refractivity contribution in [2.75, 3.05) is 31.2 Å². The van der Waals surface area contributed by atoms with Crippen molar-refractivity contribution >= 4 is 28.5 Å². The third kappa shape index (κ3) is 3.54. The Hall–Kier alpha value is -2.11. The van der Waals surface area contributed by atoms with Gasteiger partial charge in [0, 0.05) is 23.5 Å². The van der Waals surface area contributed by atoms with E-state index in [-0.39, 0.29) is 0 Å². The number of anilines is 1. The van der Waals surface area contributed by atoms with Gasteiger partial charge in [0.05, 0.1) is 18.9 Å². The van der Waals surface area contributed by atoms with Gasteiger partial charge in [0.2, 0.25) is 5.95 Å². The van der Waals surface area contributed by atoms with Crippen molar-refractivity contribution in [1.82, 2.24) is 9.97 Å². The maximum atomic E-state index is 5.50. The van der Waals surface area contributed by atoms with Gasteiger partial charge in [0.15, 0.2) is 0 Å². The molecule has 2 aromatic carbocycles. The van der Waals surface area contributed by atoms with Gasteiger partial charge in [-0.05, 0) is 48.6 Å². The number of aryl methyl sites for hydroxylation is 1. The lowest BCUT2D eigenvalue weighted by Gasteiger charge is -2.28. The second-order valence-corrected chi connectivity index (χ2v) is 8.23. The summed E-state index contributed by atoms with van der Waals surface area (Å²) in [5.74, 6) is 0.877. The summed E-state index contributed by atoms with van der Waals surface area (Å²) in [5, 5.41) is 3.69. The molecule has 0 amide bonds. The highest BCUT2D eigenvalue weighted by atomic mass is 32.2. The van der Waals surface area contributed by atoms with Gasteiger partial charge in [-0.25, -0.2) is 9.97 Å². The molecule has 0 atom stereocenters. The van der Waals surface area contributed by atoms with Gasteiger partial charge in [-0.3, -0.25) is 0 Å². The molecule has 1 saturated heterocycles. The van der Waals surface area contributed by atoms with Crippen LogP contribution >= 0.6 is 11.8 Å². The van der Waals surface area contributed by atoms with Crippen LogP contribution in [0.25, 0.3) is 10.8 Å². The van der Waals surface area contributed by atoms with Crippen molar-refractivity contribution in [1.29, 1.82) is 0 Å². The van der Waals surface area contributed by atoms with Gasteiger partial charge in [0.1, 0.15) is 5.03 Å². The van der Waals surface area contributed by atoms with Crippen LogP contribution in [-0.4, -0.2) is 36.3 Å². The molecular formula is C22H23N3OS. The smallest absolute Gasteiger partial charge is 0.226 e. The molecule has 0 radical (unpaired) electrons. The monoisotopic (exact) mass is 377 g/mol. The van der Waals surface area contributed by atoms with Crippen LogP contribution in [0, 0.1) is 0 Å². The summed E-state index contributed by atoms with van der Waals surface area (Å²) in [4.78, 5) is 13.5. The van der Waals surface area contributed by atoms with Crippen LogP contribution < -0.4 is 4.90 Å². The first-order valence-electron chi connectivity index (χ1n) is 9.76.